The monoisotopic (exact) mass is 434 g/mol. The first-order valence-electron chi connectivity index (χ1n) is 8.96. The van der Waals surface area contributed by atoms with Gasteiger partial charge in [-0.15, -0.1) is 0 Å². The van der Waals surface area contributed by atoms with Crippen molar-refractivity contribution in [2.24, 2.45) is 0 Å². The van der Waals surface area contributed by atoms with E-state index in [-0.39, 0.29) is 25.0 Å². The van der Waals surface area contributed by atoms with Gasteiger partial charge in [0.2, 0.25) is 0 Å². The minimum Gasteiger partial charge on any atom is -0.449 e. The van der Waals surface area contributed by atoms with Crippen molar-refractivity contribution in [3.8, 4) is 0 Å². The van der Waals surface area contributed by atoms with Gasteiger partial charge < -0.3 is 19.5 Å². The quantitative estimate of drug-likeness (QED) is 0.191. The van der Waals surface area contributed by atoms with Crippen molar-refractivity contribution in [3.05, 3.63) is 12.2 Å². The predicted octanol–water partition coefficient (Wildman–Crippen LogP) is 2.36. The maximum atomic E-state index is 11.4. The first kappa shape index (κ1) is 24.2. The minimum atomic E-state index is -0.687. The van der Waals surface area contributed by atoms with Crippen LogP contribution in [-0.2, 0) is 23.8 Å². The number of hydrogen-bond acceptors (Lipinski definition) is 9. The molecule has 0 fully saturated rings. The zero-order valence-corrected chi connectivity index (χ0v) is 17.5. The first-order valence-corrected chi connectivity index (χ1v) is 11.5. The molecule has 1 N–H and O–H groups in total. The van der Waals surface area contributed by atoms with E-state index in [0.717, 1.165) is 19.3 Å². The molecule has 1 rings (SSSR count). The van der Waals surface area contributed by atoms with Gasteiger partial charge >= 0.3 is 12.2 Å². The van der Waals surface area contributed by atoms with Gasteiger partial charge in [-0.2, -0.15) is 0 Å². The van der Waals surface area contributed by atoms with Crippen LogP contribution in [0.3, 0.4) is 0 Å². The van der Waals surface area contributed by atoms with Crippen molar-refractivity contribution in [1.82, 2.24) is 10.2 Å². The number of carbonyl (C=O) groups excluding carboxylic acids is 4. The van der Waals surface area contributed by atoms with Crippen molar-refractivity contribution < 1.29 is 33.4 Å². The molecule has 11 heteroatoms. The highest BCUT2D eigenvalue weighted by Crippen LogP contribution is 2.20. The summed E-state index contributed by atoms with van der Waals surface area (Å²) in [7, 11) is 4.54. The van der Waals surface area contributed by atoms with Crippen molar-refractivity contribution >= 4 is 45.7 Å². The fourth-order valence-electron chi connectivity index (χ4n) is 2.09. The molecular weight excluding hydrogens is 408 g/mol. The third-order valence-electron chi connectivity index (χ3n) is 3.47. The highest BCUT2D eigenvalue weighted by atomic mass is 33.1. The molecule has 9 nitrogen and oxygen atoms in total. The Bertz CT molecular complexity index is 540. The summed E-state index contributed by atoms with van der Waals surface area (Å²) >= 11 is 0. The molecule has 0 saturated carbocycles. The van der Waals surface area contributed by atoms with Crippen molar-refractivity contribution in [2.75, 3.05) is 44.9 Å². The van der Waals surface area contributed by atoms with Crippen LogP contribution in [0.5, 0.6) is 0 Å². The Morgan fingerprint density at radius 1 is 0.893 bits per heavy atom. The summed E-state index contributed by atoms with van der Waals surface area (Å²) in [5.41, 5.74) is 0. The Hall–Kier alpha value is -1.88. The summed E-state index contributed by atoms with van der Waals surface area (Å²) in [4.78, 5) is 46.2. The number of hydrogen-bond donors (Lipinski definition) is 1. The normalized spacial score (nSPS) is 13.0. The van der Waals surface area contributed by atoms with Gasteiger partial charge in [0.25, 0.3) is 11.8 Å². The molecule has 0 saturated heterocycles. The van der Waals surface area contributed by atoms with E-state index >= 15 is 0 Å². The van der Waals surface area contributed by atoms with Crippen LogP contribution in [0.2, 0.25) is 0 Å². The van der Waals surface area contributed by atoms with Crippen molar-refractivity contribution in [2.45, 2.75) is 25.7 Å². The van der Waals surface area contributed by atoms with E-state index in [1.807, 2.05) is 0 Å². The molecule has 158 valence electrons. The van der Waals surface area contributed by atoms with Gasteiger partial charge in [0, 0.05) is 37.3 Å². The summed E-state index contributed by atoms with van der Waals surface area (Å²) in [6.07, 6.45) is 4.52. The van der Waals surface area contributed by atoms with Gasteiger partial charge in [0.15, 0.2) is 0 Å². The second-order valence-electron chi connectivity index (χ2n) is 5.55. The Morgan fingerprint density at radius 2 is 1.46 bits per heavy atom. The van der Waals surface area contributed by atoms with Crippen LogP contribution >= 0.6 is 21.6 Å². The first-order chi connectivity index (χ1) is 13.5. The van der Waals surface area contributed by atoms with Crippen molar-refractivity contribution in [1.29, 1.82) is 0 Å². The van der Waals surface area contributed by atoms with E-state index in [4.69, 9.17) is 14.2 Å². The molecule has 28 heavy (non-hydrogen) atoms. The van der Waals surface area contributed by atoms with Crippen LogP contribution in [0.1, 0.15) is 25.7 Å². The number of carbonyl (C=O) groups is 4. The van der Waals surface area contributed by atoms with Crippen LogP contribution < -0.4 is 5.32 Å². The van der Waals surface area contributed by atoms with Crippen LogP contribution in [0.25, 0.3) is 0 Å². The molecule has 1 aliphatic rings. The zero-order valence-electron chi connectivity index (χ0n) is 15.8. The lowest BCUT2D eigenvalue weighted by Gasteiger charge is -2.13. The molecular formula is C17H26N2O7S2. The number of imide groups is 1. The highest BCUT2D eigenvalue weighted by Gasteiger charge is 2.22. The van der Waals surface area contributed by atoms with Gasteiger partial charge in [-0.1, -0.05) is 28.0 Å². The fraction of sp³-hybridized carbons (Fsp3) is 0.647. The summed E-state index contributed by atoms with van der Waals surface area (Å²) in [6, 6.07) is 0. The van der Waals surface area contributed by atoms with E-state index in [9.17, 15) is 19.2 Å². The van der Waals surface area contributed by atoms with Gasteiger partial charge in [0.05, 0.1) is 6.61 Å². The molecule has 0 aliphatic carbocycles. The Morgan fingerprint density at radius 3 is 2.11 bits per heavy atom. The molecule has 3 amide bonds. The third-order valence-corrected chi connectivity index (χ3v) is 5.80. The predicted molar refractivity (Wildman–Crippen MR) is 107 cm³/mol. The smallest absolute Gasteiger partial charge is 0.449 e. The highest BCUT2D eigenvalue weighted by molar-refractivity contribution is 8.76. The molecule has 0 aromatic rings. The summed E-state index contributed by atoms with van der Waals surface area (Å²) in [5, 5.41) is 2.36. The van der Waals surface area contributed by atoms with Gasteiger partial charge in [-0.3, -0.25) is 14.5 Å². The molecule has 0 spiro atoms. The summed E-state index contributed by atoms with van der Waals surface area (Å²) in [5.74, 6) is 0.747. The standard InChI is InChI=1S/C17H26N2O7S2/c1-18-16(22)24-10-12-27-28-13-11-26-17(23)25-9-5-3-2-4-8-19-14(20)6-7-15(19)21/h6-7H,2-5,8-13H2,1H3,(H,18,22). The molecule has 0 unspecified atom stereocenters. The molecule has 0 radical (unpaired) electrons. The fourth-order valence-corrected chi connectivity index (χ4v) is 3.75. The van der Waals surface area contributed by atoms with Crippen LogP contribution in [0, 0.1) is 0 Å². The minimum absolute atomic E-state index is 0.249. The van der Waals surface area contributed by atoms with Crippen LogP contribution in [0.4, 0.5) is 9.59 Å². The largest absolute Gasteiger partial charge is 0.508 e. The molecule has 0 atom stereocenters. The molecule has 1 heterocycles. The number of unbranched alkanes of at least 4 members (excludes halogenated alkanes) is 3. The lowest BCUT2D eigenvalue weighted by molar-refractivity contribution is -0.136. The maximum Gasteiger partial charge on any atom is 0.508 e. The molecule has 1 aliphatic heterocycles. The van der Waals surface area contributed by atoms with E-state index < -0.39 is 12.2 Å². The van der Waals surface area contributed by atoms with E-state index in [2.05, 4.69) is 5.32 Å². The van der Waals surface area contributed by atoms with Gasteiger partial charge in [-0.25, -0.2) is 9.59 Å². The van der Waals surface area contributed by atoms with E-state index in [1.54, 1.807) is 0 Å². The summed E-state index contributed by atoms with van der Waals surface area (Å²) in [6.45, 7) is 1.27. The number of ether oxygens (including phenoxy) is 3. The van der Waals surface area contributed by atoms with Crippen LogP contribution in [-0.4, -0.2) is 73.9 Å². The number of rotatable bonds is 14. The van der Waals surface area contributed by atoms with Crippen molar-refractivity contribution in [3.63, 3.8) is 0 Å². The van der Waals surface area contributed by atoms with Crippen LogP contribution in [0.15, 0.2) is 12.2 Å². The SMILES string of the molecule is CNC(=O)OCCSSCCOC(=O)OCCCCCCN1C(=O)C=CC1=O. The Labute approximate surface area is 172 Å². The van der Waals surface area contributed by atoms with E-state index in [1.165, 1.54) is 45.7 Å². The summed E-state index contributed by atoms with van der Waals surface area (Å²) < 4.78 is 14.7. The lowest BCUT2D eigenvalue weighted by Crippen LogP contribution is -2.30. The Balaban J connectivity index is 1.83. The second kappa shape index (κ2) is 15.1. The second-order valence-corrected chi connectivity index (χ2v) is 8.25. The average molecular weight is 435 g/mol. The topological polar surface area (TPSA) is 111 Å². The van der Waals surface area contributed by atoms with Gasteiger partial charge in [0.1, 0.15) is 13.2 Å². The lowest BCUT2D eigenvalue weighted by atomic mass is 10.2. The molecule has 0 aromatic heterocycles. The molecule has 0 bridgehead atoms. The molecule has 0 aromatic carbocycles. The number of alkyl carbamates (subject to hydrolysis) is 1. The number of nitrogens with zero attached hydrogens (tertiary/aromatic N) is 1. The maximum absolute atomic E-state index is 11.4. The Kier molecular flexibility index (Phi) is 13.0. The zero-order chi connectivity index (χ0) is 20.6. The number of nitrogens with one attached hydrogen (secondary N) is 1. The van der Waals surface area contributed by atoms with Gasteiger partial charge in [-0.05, 0) is 19.3 Å². The number of amides is 3. The third kappa shape index (κ3) is 11.1. The van der Waals surface area contributed by atoms with E-state index in [0.29, 0.717) is 31.1 Å². The average Bonchev–Trinajstić information content (AvgIpc) is 3.00.